The maximum Gasteiger partial charge on any atom is 0.261 e. The second-order valence-electron chi connectivity index (χ2n) is 4.79. The minimum atomic E-state index is -0.946. The van der Waals surface area contributed by atoms with E-state index in [2.05, 4.69) is 5.32 Å². The topological polar surface area (TPSA) is 49.3 Å². The molecule has 96 valence electrons. The summed E-state index contributed by atoms with van der Waals surface area (Å²) in [5.74, 6) is -0.567. The first-order valence-electron chi connectivity index (χ1n) is 5.55. The Morgan fingerprint density at radius 3 is 2.83 bits per heavy atom. The molecule has 0 saturated heterocycles. The normalized spacial score (nSPS) is 11.8. The molecule has 0 spiro atoms. The Kier molecular flexibility index (Phi) is 3.36. The third-order valence-corrected chi connectivity index (χ3v) is 3.50. The SMILES string of the molecule is CC(C)(O)CNC(=O)c1cc2cc(F)ccc2s1. The molecule has 1 aromatic heterocycles. The highest BCUT2D eigenvalue weighted by atomic mass is 32.1. The minimum Gasteiger partial charge on any atom is -0.389 e. The molecule has 0 aliphatic rings. The van der Waals surface area contributed by atoms with Crippen LogP contribution in [0.2, 0.25) is 0 Å². The van der Waals surface area contributed by atoms with Crippen molar-refractivity contribution >= 4 is 27.3 Å². The number of hydrogen-bond donors (Lipinski definition) is 2. The molecule has 0 fully saturated rings. The molecule has 0 unspecified atom stereocenters. The molecule has 2 rings (SSSR count). The summed E-state index contributed by atoms with van der Waals surface area (Å²) in [5, 5.41) is 12.9. The molecule has 18 heavy (non-hydrogen) atoms. The van der Waals surface area contributed by atoms with Crippen LogP contribution in [0.3, 0.4) is 0 Å². The van der Waals surface area contributed by atoms with Crippen LogP contribution in [0.25, 0.3) is 10.1 Å². The highest BCUT2D eigenvalue weighted by Crippen LogP contribution is 2.26. The third-order valence-electron chi connectivity index (χ3n) is 2.38. The van der Waals surface area contributed by atoms with Crippen molar-refractivity contribution in [2.45, 2.75) is 19.4 Å². The smallest absolute Gasteiger partial charge is 0.261 e. The first-order valence-corrected chi connectivity index (χ1v) is 6.36. The van der Waals surface area contributed by atoms with Crippen molar-refractivity contribution in [3.63, 3.8) is 0 Å². The van der Waals surface area contributed by atoms with Gasteiger partial charge < -0.3 is 10.4 Å². The van der Waals surface area contributed by atoms with E-state index in [1.807, 2.05) is 0 Å². The molecule has 0 saturated carbocycles. The fraction of sp³-hybridized carbons (Fsp3) is 0.308. The van der Waals surface area contributed by atoms with Crippen LogP contribution in [-0.4, -0.2) is 23.2 Å². The number of halogens is 1. The van der Waals surface area contributed by atoms with Crippen LogP contribution in [0.5, 0.6) is 0 Å². The molecule has 0 atom stereocenters. The van der Waals surface area contributed by atoms with Crippen molar-refractivity contribution in [2.24, 2.45) is 0 Å². The first kappa shape index (κ1) is 13.0. The Balaban J connectivity index is 2.18. The van der Waals surface area contributed by atoms with Crippen LogP contribution < -0.4 is 5.32 Å². The molecule has 2 N–H and O–H groups in total. The Labute approximate surface area is 108 Å². The number of nitrogens with one attached hydrogen (secondary N) is 1. The molecule has 1 heterocycles. The van der Waals surface area contributed by atoms with Crippen LogP contribution >= 0.6 is 11.3 Å². The zero-order valence-corrected chi connectivity index (χ0v) is 11.0. The standard InChI is InChI=1S/C13H14FNO2S/c1-13(2,17)7-15-12(16)11-6-8-5-9(14)3-4-10(8)18-11/h3-6,17H,7H2,1-2H3,(H,15,16). The van der Waals surface area contributed by atoms with Crippen LogP contribution in [0, 0.1) is 5.82 Å². The van der Waals surface area contributed by atoms with Gasteiger partial charge in [-0.2, -0.15) is 0 Å². The van der Waals surface area contributed by atoms with E-state index in [-0.39, 0.29) is 18.3 Å². The van der Waals surface area contributed by atoms with Crippen LogP contribution in [0.4, 0.5) is 4.39 Å². The molecular formula is C13H14FNO2S. The third kappa shape index (κ3) is 3.05. The van der Waals surface area contributed by atoms with E-state index in [1.165, 1.54) is 23.5 Å². The zero-order valence-electron chi connectivity index (χ0n) is 10.2. The summed E-state index contributed by atoms with van der Waals surface area (Å²) in [6.45, 7) is 3.41. The lowest BCUT2D eigenvalue weighted by molar-refractivity contribution is 0.0696. The van der Waals surface area contributed by atoms with E-state index >= 15 is 0 Å². The van der Waals surface area contributed by atoms with Gasteiger partial charge in [-0.25, -0.2) is 4.39 Å². The van der Waals surface area contributed by atoms with Gasteiger partial charge in [-0.05, 0) is 43.5 Å². The van der Waals surface area contributed by atoms with Crippen LogP contribution in [0.15, 0.2) is 24.3 Å². The van der Waals surface area contributed by atoms with Crippen LogP contribution in [0.1, 0.15) is 23.5 Å². The maximum atomic E-state index is 13.0. The van der Waals surface area contributed by atoms with Gasteiger partial charge in [-0.3, -0.25) is 4.79 Å². The van der Waals surface area contributed by atoms with Gasteiger partial charge in [-0.1, -0.05) is 0 Å². The fourth-order valence-electron chi connectivity index (χ4n) is 1.51. The fourth-order valence-corrected chi connectivity index (χ4v) is 2.47. The van der Waals surface area contributed by atoms with Gasteiger partial charge in [0.1, 0.15) is 5.82 Å². The van der Waals surface area contributed by atoms with Crippen molar-refractivity contribution in [3.8, 4) is 0 Å². The second-order valence-corrected chi connectivity index (χ2v) is 5.87. The summed E-state index contributed by atoms with van der Waals surface area (Å²) in [5.41, 5.74) is -0.946. The number of aliphatic hydroxyl groups is 1. The number of amides is 1. The van der Waals surface area contributed by atoms with Gasteiger partial charge in [0, 0.05) is 11.2 Å². The quantitative estimate of drug-likeness (QED) is 0.898. The van der Waals surface area contributed by atoms with Crippen molar-refractivity contribution in [2.75, 3.05) is 6.54 Å². The first-order chi connectivity index (χ1) is 8.35. The molecular weight excluding hydrogens is 253 g/mol. The van der Waals surface area contributed by atoms with E-state index in [9.17, 15) is 14.3 Å². The predicted octanol–water partition coefficient (Wildman–Crippen LogP) is 2.54. The number of thiophene rings is 1. The maximum absolute atomic E-state index is 13.0. The molecule has 0 radical (unpaired) electrons. The van der Waals surface area contributed by atoms with Gasteiger partial charge in [0.25, 0.3) is 5.91 Å². The summed E-state index contributed by atoms with van der Waals surface area (Å²) in [7, 11) is 0. The number of benzene rings is 1. The van der Waals surface area contributed by atoms with E-state index in [4.69, 9.17) is 0 Å². The lowest BCUT2D eigenvalue weighted by atomic mass is 10.1. The van der Waals surface area contributed by atoms with Gasteiger partial charge in [0.15, 0.2) is 0 Å². The Morgan fingerprint density at radius 1 is 1.44 bits per heavy atom. The van der Waals surface area contributed by atoms with E-state index in [1.54, 1.807) is 26.0 Å². The minimum absolute atomic E-state index is 0.175. The Bertz CT molecular complexity index is 586. The lowest BCUT2D eigenvalue weighted by Crippen LogP contribution is -2.37. The van der Waals surface area contributed by atoms with Gasteiger partial charge in [-0.15, -0.1) is 11.3 Å². The average Bonchev–Trinajstić information content (AvgIpc) is 2.67. The largest absolute Gasteiger partial charge is 0.389 e. The molecule has 1 amide bonds. The highest BCUT2D eigenvalue weighted by molar-refractivity contribution is 7.20. The van der Waals surface area contributed by atoms with Gasteiger partial charge >= 0.3 is 0 Å². The molecule has 0 bridgehead atoms. The van der Waals surface area contributed by atoms with E-state index in [0.29, 0.717) is 10.3 Å². The number of rotatable bonds is 3. The molecule has 0 aliphatic heterocycles. The summed E-state index contributed by atoms with van der Waals surface area (Å²) in [4.78, 5) is 12.4. The number of fused-ring (bicyclic) bond motifs is 1. The number of carbonyl (C=O) groups excluding carboxylic acids is 1. The van der Waals surface area contributed by atoms with Crippen molar-refractivity contribution in [1.82, 2.24) is 5.32 Å². The lowest BCUT2D eigenvalue weighted by Gasteiger charge is -2.17. The van der Waals surface area contributed by atoms with Gasteiger partial charge in [0.2, 0.25) is 0 Å². The Morgan fingerprint density at radius 2 is 2.17 bits per heavy atom. The molecule has 0 aliphatic carbocycles. The molecule has 3 nitrogen and oxygen atoms in total. The molecule has 5 heteroatoms. The van der Waals surface area contributed by atoms with Crippen molar-refractivity contribution in [1.29, 1.82) is 0 Å². The molecule has 1 aromatic carbocycles. The van der Waals surface area contributed by atoms with E-state index in [0.717, 1.165) is 4.70 Å². The number of hydrogen-bond acceptors (Lipinski definition) is 3. The Hall–Kier alpha value is -1.46. The second kappa shape index (κ2) is 4.66. The summed E-state index contributed by atoms with van der Waals surface area (Å²) in [6, 6.07) is 6.08. The highest BCUT2D eigenvalue weighted by Gasteiger charge is 2.16. The van der Waals surface area contributed by atoms with E-state index < -0.39 is 5.60 Å². The van der Waals surface area contributed by atoms with Gasteiger partial charge in [0.05, 0.1) is 10.5 Å². The summed E-state index contributed by atoms with van der Waals surface area (Å²) < 4.78 is 13.9. The monoisotopic (exact) mass is 267 g/mol. The van der Waals surface area contributed by atoms with Crippen molar-refractivity contribution in [3.05, 3.63) is 35.0 Å². The molecule has 2 aromatic rings. The number of carbonyl (C=O) groups is 1. The summed E-state index contributed by atoms with van der Waals surface area (Å²) in [6.07, 6.45) is 0. The van der Waals surface area contributed by atoms with Crippen LogP contribution in [-0.2, 0) is 0 Å². The predicted molar refractivity (Wildman–Crippen MR) is 70.4 cm³/mol. The zero-order chi connectivity index (χ0) is 13.3. The van der Waals surface area contributed by atoms with Crippen molar-refractivity contribution < 1.29 is 14.3 Å². The average molecular weight is 267 g/mol. The summed E-state index contributed by atoms with van der Waals surface area (Å²) >= 11 is 1.30.